The monoisotopic (exact) mass is 373 g/mol. The van der Waals surface area contributed by atoms with Crippen molar-refractivity contribution in [1.29, 1.82) is 0 Å². The summed E-state index contributed by atoms with van der Waals surface area (Å²) in [5.41, 5.74) is 2.27. The fourth-order valence-corrected chi connectivity index (χ4v) is 3.37. The standard InChI is InChI=1S/C20H24ClN3O2/c1-4-5-6-11-20(2,3)14-7-10-19(25)18(12-14)23-22-16-13-15(21)8-9-17(16)24(23)26/h7-10,12-13,25H,4-6,11H2,1-3H3. The SMILES string of the molecule is CCCCCC(C)(C)c1ccc(O)c(-n2nc3cc(Cl)ccc3[n+]2[O-])c1. The number of benzene rings is 2. The van der Waals surface area contributed by atoms with Gasteiger partial charge in [0.05, 0.1) is 5.10 Å². The average Bonchev–Trinajstić information content (AvgIpc) is 2.91. The van der Waals surface area contributed by atoms with E-state index in [-0.39, 0.29) is 11.2 Å². The molecule has 0 aliphatic rings. The second-order valence-electron chi connectivity index (χ2n) is 7.34. The Morgan fingerprint density at radius 3 is 2.69 bits per heavy atom. The van der Waals surface area contributed by atoms with Crippen LogP contribution in [0.3, 0.4) is 0 Å². The van der Waals surface area contributed by atoms with E-state index < -0.39 is 0 Å². The van der Waals surface area contributed by atoms with Gasteiger partial charge in [0.15, 0.2) is 5.69 Å². The van der Waals surface area contributed by atoms with Crippen LogP contribution in [0.1, 0.15) is 52.0 Å². The van der Waals surface area contributed by atoms with Crippen LogP contribution in [0.5, 0.6) is 5.75 Å². The molecule has 3 rings (SSSR count). The Morgan fingerprint density at radius 1 is 1.19 bits per heavy atom. The smallest absolute Gasteiger partial charge is 0.251 e. The van der Waals surface area contributed by atoms with Crippen LogP contribution in [-0.2, 0) is 5.41 Å². The molecule has 1 N–H and O–H groups in total. The molecule has 6 heteroatoms. The molecule has 0 saturated heterocycles. The van der Waals surface area contributed by atoms with Crippen molar-refractivity contribution in [2.24, 2.45) is 0 Å². The maximum Gasteiger partial charge on any atom is 0.251 e. The van der Waals surface area contributed by atoms with Crippen molar-refractivity contribution in [2.75, 3.05) is 0 Å². The lowest BCUT2D eigenvalue weighted by molar-refractivity contribution is -0.664. The molecule has 138 valence electrons. The summed E-state index contributed by atoms with van der Waals surface area (Å²) in [5, 5.41) is 27.8. The van der Waals surface area contributed by atoms with Crippen molar-refractivity contribution in [3.05, 3.63) is 52.2 Å². The second kappa shape index (κ2) is 7.16. The zero-order chi connectivity index (χ0) is 18.9. The molecule has 0 spiro atoms. The van der Waals surface area contributed by atoms with Gasteiger partial charge in [-0.3, -0.25) is 0 Å². The van der Waals surface area contributed by atoms with Crippen molar-refractivity contribution >= 4 is 22.6 Å². The highest BCUT2D eigenvalue weighted by molar-refractivity contribution is 6.31. The van der Waals surface area contributed by atoms with Gasteiger partial charge in [-0.1, -0.05) is 57.7 Å². The number of fused-ring (bicyclic) bond motifs is 1. The van der Waals surface area contributed by atoms with E-state index in [0.717, 1.165) is 18.4 Å². The maximum absolute atomic E-state index is 12.6. The summed E-state index contributed by atoms with van der Waals surface area (Å²) in [6, 6.07) is 10.3. The van der Waals surface area contributed by atoms with Crippen LogP contribution >= 0.6 is 11.6 Å². The fourth-order valence-electron chi connectivity index (χ4n) is 3.20. The molecule has 0 atom stereocenters. The number of aromatic hydroxyl groups is 1. The minimum atomic E-state index is -0.0543. The number of halogens is 1. The molecule has 0 unspecified atom stereocenters. The van der Waals surface area contributed by atoms with E-state index >= 15 is 0 Å². The van der Waals surface area contributed by atoms with Gasteiger partial charge >= 0.3 is 0 Å². The molecule has 0 amide bonds. The number of phenols is 1. The molecule has 1 aromatic heterocycles. The highest BCUT2D eigenvalue weighted by Crippen LogP contribution is 2.33. The minimum Gasteiger partial charge on any atom is -0.692 e. The van der Waals surface area contributed by atoms with Gasteiger partial charge in [-0.2, -0.15) is 0 Å². The lowest BCUT2D eigenvalue weighted by atomic mass is 9.80. The van der Waals surface area contributed by atoms with Gasteiger partial charge in [-0.05, 0) is 46.5 Å². The zero-order valence-electron chi connectivity index (χ0n) is 15.4. The Morgan fingerprint density at radius 2 is 1.96 bits per heavy atom. The van der Waals surface area contributed by atoms with Gasteiger partial charge in [0.25, 0.3) is 5.52 Å². The van der Waals surface area contributed by atoms with Crippen molar-refractivity contribution < 1.29 is 9.95 Å². The summed E-state index contributed by atoms with van der Waals surface area (Å²) in [6.07, 6.45) is 4.56. The van der Waals surface area contributed by atoms with Gasteiger partial charge in [-0.25, -0.2) is 0 Å². The number of phenolic OH excluding ortho intramolecular Hbond substituents is 1. The fraction of sp³-hybridized carbons (Fsp3) is 0.400. The van der Waals surface area contributed by atoms with Crippen LogP contribution in [0.15, 0.2) is 36.4 Å². The quantitative estimate of drug-likeness (QED) is 0.380. The van der Waals surface area contributed by atoms with E-state index in [9.17, 15) is 10.3 Å². The van der Waals surface area contributed by atoms with E-state index in [0.29, 0.717) is 26.6 Å². The number of nitrogens with zero attached hydrogens (tertiary/aromatic N) is 3. The third kappa shape index (κ3) is 3.49. The van der Waals surface area contributed by atoms with Crippen LogP contribution in [0, 0.1) is 5.21 Å². The molecule has 3 aromatic rings. The van der Waals surface area contributed by atoms with E-state index in [2.05, 4.69) is 25.9 Å². The van der Waals surface area contributed by atoms with Crippen LogP contribution in [0.2, 0.25) is 5.02 Å². The Balaban J connectivity index is 2.04. The normalized spacial score (nSPS) is 12.0. The summed E-state index contributed by atoms with van der Waals surface area (Å²) in [5.74, 6) is 0.0154. The molecule has 0 fully saturated rings. The van der Waals surface area contributed by atoms with Crippen LogP contribution in [0.4, 0.5) is 0 Å². The molecule has 1 heterocycles. The first kappa shape index (κ1) is 18.5. The Hall–Kier alpha value is -2.27. The Kier molecular flexibility index (Phi) is 5.10. The van der Waals surface area contributed by atoms with E-state index in [1.807, 2.05) is 12.1 Å². The number of rotatable bonds is 6. The molecule has 0 aliphatic heterocycles. The first-order valence-corrected chi connectivity index (χ1v) is 9.33. The van der Waals surface area contributed by atoms with Gasteiger partial charge < -0.3 is 10.3 Å². The average molecular weight is 374 g/mol. The topological polar surface area (TPSA) is 65.0 Å². The molecule has 0 bridgehead atoms. The van der Waals surface area contributed by atoms with E-state index in [1.165, 1.54) is 17.6 Å². The lowest BCUT2D eigenvalue weighted by Gasteiger charge is -2.26. The van der Waals surface area contributed by atoms with Gasteiger partial charge in [0.2, 0.25) is 5.52 Å². The Labute approximate surface area is 158 Å². The van der Waals surface area contributed by atoms with Crippen LogP contribution < -0.4 is 4.85 Å². The number of unbranched alkanes of at least 4 members (excludes halogenated alkanes) is 2. The lowest BCUT2D eigenvalue weighted by Crippen LogP contribution is -2.37. The number of aromatic nitrogens is 3. The molecular weight excluding hydrogens is 350 g/mol. The predicted molar refractivity (Wildman–Crippen MR) is 104 cm³/mol. The summed E-state index contributed by atoms with van der Waals surface area (Å²) in [7, 11) is 0. The maximum atomic E-state index is 12.6. The molecule has 2 aromatic carbocycles. The van der Waals surface area contributed by atoms with Crippen LogP contribution in [-0.4, -0.2) is 15.0 Å². The zero-order valence-corrected chi connectivity index (χ0v) is 16.1. The number of hydrogen-bond donors (Lipinski definition) is 1. The highest BCUT2D eigenvalue weighted by Gasteiger charge is 2.24. The molecule has 0 saturated carbocycles. The van der Waals surface area contributed by atoms with Crippen molar-refractivity contribution in [3.63, 3.8) is 0 Å². The second-order valence-corrected chi connectivity index (χ2v) is 7.78. The van der Waals surface area contributed by atoms with Gasteiger partial charge in [0, 0.05) is 11.1 Å². The minimum absolute atomic E-state index is 0.0154. The first-order chi connectivity index (χ1) is 12.3. The molecule has 5 nitrogen and oxygen atoms in total. The van der Waals surface area contributed by atoms with E-state index in [1.54, 1.807) is 24.3 Å². The summed E-state index contributed by atoms with van der Waals surface area (Å²) < 4.78 is 0. The summed E-state index contributed by atoms with van der Waals surface area (Å²) in [4.78, 5) is 1.86. The third-order valence-corrected chi connectivity index (χ3v) is 5.13. The Bertz CT molecular complexity index is 934. The largest absolute Gasteiger partial charge is 0.692 e. The van der Waals surface area contributed by atoms with Crippen molar-refractivity contribution in [3.8, 4) is 11.4 Å². The van der Waals surface area contributed by atoms with Gasteiger partial charge in [0.1, 0.15) is 5.75 Å². The van der Waals surface area contributed by atoms with E-state index in [4.69, 9.17) is 11.6 Å². The molecule has 0 aliphatic carbocycles. The first-order valence-electron chi connectivity index (χ1n) is 8.95. The molecular formula is C20H24ClN3O2. The highest BCUT2D eigenvalue weighted by atomic mass is 35.5. The van der Waals surface area contributed by atoms with Crippen molar-refractivity contribution in [1.82, 2.24) is 9.90 Å². The predicted octanol–water partition coefficient (Wildman–Crippen LogP) is 4.88. The third-order valence-electron chi connectivity index (χ3n) is 4.90. The van der Waals surface area contributed by atoms with Crippen LogP contribution in [0.25, 0.3) is 16.7 Å². The molecule has 26 heavy (non-hydrogen) atoms. The number of hydrogen-bond acceptors (Lipinski definition) is 3. The molecule has 0 radical (unpaired) electrons. The van der Waals surface area contributed by atoms with Gasteiger partial charge in [-0.15, -0.1) is 4.85 Å². The summed E-state index contributed by atoms with van der Waals surface area (Å²) in [6.45, 7) is 6.56. The van der Waals surface area contributed by atoms with Crippen molar-refractivity contribution in [2.45, 2.75) is 51.9 Å². The summed E-state index contributed by atoms with van der Waals surface area (Å²) >= 11 is 5.99.